The molecule has 2 aromatic heterocycles. The number of imidazole rings is 2. The van der Waals surface area contributed by atoms with E-state index in [0.717, 1.165) is 33.6 Å². The first kappa shape index (κ1) is 28.1. The third-order valence-corrected chi connectivity index (χ3v) is 7.60. The molecule has 0 aliphatic heterocycles. The molecule has 46 heavy (non-hydrogen) atoms. The summed E-state index contributed by atoms with van der Waals surface area (Å²) < 4.78 is 0. The molecule has 0 spiro atoms. The monoisotopic (exact) mass is 604 g/mol. The van der Waals surface area contributed by atoms with Gasteiger partial charge in [0.1, 0.15) is 11.6 Å². The van der Waals surface area contributed by atoms with E-state index >= 15 is 0 Å². The zero-order valence-corrected chi connectivity index (χ0v) is 24.1. The quantitative estimate of drug-likeness (QED) is 0.131. The average molecular weight is 605 g/mol. The van der Waals surface area contributed by atoms with Crippen molar-refractivity contribution in [3.05, 3.63) is 154 Å². The second-order valence-electron chi connectivity index (χ2n) is 10.5. The Balaban J connectivity index is 1.34. The third-order valence-electron chi connectivity index (χ3n) is 7.60. The molecule has 7 aromatic rings. The number of non-ortho nitro benzene ring substituents is 2. The Bertz CT molecular complexity index is 2070. The highest BCUT2D eigenvalue weighted by Crippen LogP contribution is 2.37. The van der Waals surface area contributed by atoms with E-state index in [0.29, 0.717) is 34.2 Å². The Morgan fingerprint density at radius 1 is 0.435 bits per heavy atom. The maximum absolute atomic E-state index is 11.5. The smallest absolute Gasteiger partial charge is 0.270 e. The van der Waals surface area contributed by atoms with Crippen LogP contribution in [0.2, 0.25) is 0 Å². The fourth-order valence-corrected chi connectivity index (χ4v) is 5.41. The molecule has 7 rings (SSSR count). The first-order chi connectivity index (χ1) is 22.4. The number of nitrogens with one attached hydrogen (secondary N) is 2. The number of nitro benzene ring substituents is 2. The lowest BCUT2D eigenvalue weighted by Crippen LogP contribution is -1.89. The number of benzene rings is 5. The number of H-pyrrole nitrogens is 2. The summed E-state index contributed by atoms with van der Waals surface area (Å²) in [6.45, 7) is 0. The lowest BCUT2D eigenvalue weighted by Gasteiger charge is -2.03. The zero-order chi connectivity index (χ0) is 31.6. The van der Waals surface area contributed by atoms with Crippen LogP contribution in [0.5, 0.6) is 0 Å². The van der Waals surface area contributed by atoms with Gasteiger partial charge in [0.05, 0.1) is 32.6 Å². The van der Waals surface area contributed by atoms with Gasteiger partial charge in [0, 0.05) is 57.6 Å². The highest BCUT2D eigenvalue weighted by atomic mass is 16.6. The molecule has 2 heterocycles. The maximum Gasteiger partial charge on any atom is 0.270 e. The predicted molar refractivity (Wildman–Crippen MR) is 177 cm³/mol. The highest BCUT2D eigenvalue weighted by Gasteiger charge is 2.20. The molecule has 222 valence electrons. The summed E-state index contributed by atoms with van der Waals surface area (Å²) in [5, 5.41) is 23.1. The van der Waals surface area contributed by atoms with Crippen LogP contribution in [0.3, 0.4) is 0 Å². The van der Waals surface area contributed by atoms with Crippen LogP contribution in [0.4, 0.5) is 11.4 Å². The van der Waals surface area contributed by atoms with Crippen molar-refractivity contribution in [1.82, 2.24) is 19.9 Å². The van der Waals surface area contributed by atoms with E-state index in [1.807, 2.05) is 84.9 Å². The minimum atomic E-state index is -0.419. The van der Waals surface area contributed by atoms with Crippen molar-refractivity contribution < 1.29 is 9.85 Å². The standard InChI is InChI=1S/C36H24N6O4/c43-41(44)29-18-8-14-25(21-29)33-31(23-10-3-1-4-11-23)37-35(39-33)27-16-7-17-28(20-27)36-38-32(24-12-5-2-6-13-24)34(40-36)26-15-9-19-30(22-26)42(45)46/h1-22H,(H,37,39)(H,38,40). The SMILES string of the molecule is O=[N+]([O-])c1cccc(-c2nc(-c3cccc(-c4nc(-c5cccc([N+](=O)[O-])c5)c(-c5ccccc5)[nH]4)c3)[nH]c2-c2ccccc2)c1. The van der Waals surface area contributed by atoms with E-state index in [1.165, 1.54) is 24.3 Å². The minimum absolute atomic E-state index is 0.0188. The molecule has 0 atom stereocenters. The van der Waals surface area contributed by atoms with E-state index in [2.05, 4.69) is 9.97 Å². The number of aromatic amines is 2. The molecule has 10 heteroatoms. The number of rotatable bonds is 8. The van der Waals surface area contributed by atoms with Crippen molar-refractivity contribution in [1.29, 1.82) is 0 Å². The fraction of sp³-hybridized carbons (Fsp3) is 0. The first-order valence-corrected chi connectivity index (χ1v) is 14.4. The molecule has 0 saturated heterocycles. The zero-order valence-electron chi connectivity index (χ0n) is 24.1. The van der Waals surface area contributed by atoms with Gasteiger partial charge in [-0.25, -0.2) is 9.97 Å². The van der Waals surface area contributed by atoms with Crippen molar-refractivity contribution in [2.75, 3.05) is 0 Å². The molecule has 0 aliphatic rings. The second-order valence-corrected chi connectivity index (χ2v) is 10.5. The molecular formula is C36H24N6O4. The maximum atomic E-state index is 11.5. The van der Waals surface area contributed by atoms with Gasteiger partial charge in [0.2, 0.25) is 0 Å². The largest absolute Gasteiger partial charge is 0.337 e. The highest BCUT2D eigenvalue weighted by molar-refractivity contribution is 5.84. The van der Waals surface area contributed by atoms with E-state index in [9.17, 15) is 20.2 Å². The van der Waals surface area contributed by atoms with Crippen LogP contribution in [0.1, 0.15) is 0 Å². The Kier molecular flexibility index (Phi) is 7.20. The van der Waals surface area contributed by atoms with E-state index in [4.69, 9.17) is 9.97 Å². The van der Waals surface area contributed by atoms with Gasteiger partial charge in [-0.05, 0) is 6.07 Å². The van der Waals surface area contributed by atoms with Crippen LogP contribution in [0, 0.1) is 20.2 Å². The summed E-state index contributed by atoms with van der Waals surface area (Å²) in [6, 6.07) is 39.9. The van der Waals surface area contributed by atoms with Gasteiger partial charge >= 0.3 is 0 Å². The lowest BCUT2D eigenvalue weighted by atomic mass is 10.0. The topological polar surface area (TPSA) is 144 Å². The predicted octanol–water partition coefficient (Wildman–Crippen LogP) is 8.95. The summed E-state index contributed by atoms with van der Waals surface area (Å²) in [6.07, 6.45) is 0. The second kappa shape index (κ2) is 11.8. The van der Waals surface area contributed by atoms with E-state index in [-0.39, 0.29) is 11.4 Å². The van der Waals surface area contributed by atoms with Gasteiger partial charge < -0.3 is 9.97 Å². The van der Waals surface area contributed by atoms with E-state index < -0.39 is 9.85 Å². The van der Waals surface area contributed by atoms with Crippen molar-refractivity contribution in [2.24, 2.45) is 0 Å². The van der Waals surface area contributed by atoms with Crippen molar-refractivity contribution in [2.45, 2.75) is 0 Å². The molecule has 0 fully saturated rings. The van der Waals surface area contributed by atoms with Crippen LogP contribution in [-0.4, -0.2) is 29.8 Å². The normalized spacial score (nSPS) is 11.0. The van der Waals surface area contributed by atoms with Gasteiger partial charge in [-0.3, -0.25) is 20.2 Å². The number of nitro groups is 2. The molecule has 0 radical (unpaired) electrons. The average Bonchev–Trinajstić information content (AvgIpc) is 3.76. The molecule has 0 aliphatic carbocycles. The van der Waals surface area contributed by atoms with Gasteiger partial charge in [-0.15, -0.1) is 0 Å². The van der Waals surface area contributed by atoms with Gasteiger partial charge in [-0.1, -0.05) is 103 Å². The molecule has 0 unspecified atom stereocenters. The number of aromatic nitrogens is 4. The summed E-state index contributed by atoms with van der Waals surface area (Å²) in [5.74, 6) is 1.16. The fourth-order valence-electron chi connectivity index (χ4n) is 5.41. The molecule has 0 saturated carbocycles. The van der Waals surface area contributed by atoms with E-state index in [1.54, 1.807) is 24.3 Å². The molecule has 5 aromatic carbocycles. The van der Waals surface area contributed by atoms with Gasteiger partial charge in [0.25, 0.3) is 11.4 Å². The number of hydrogen-bond acceptors (Lipinski definition) is 6. The van der Waals surface area contributed by atoms with Crippen LogP contribution in [0.15, 0.2) is 133 Å². The molecule has 0 amide bonds. The first-order valence-electron chi connectivity index (χ1n) is 14.4. The van der Waals surface area contributed by atoms with Crippen molar-refractivity contribution in [3.8, 4) is 67.8 Å². The molecule has 0 bridgehead atoms. The van der Waals surface area contributed by atoms with Crippen molar-refractivity contribution >= 4 is 11.4 Å². The summed E-state index contributed by atoms with van der Waals surface area (Å²) in [7, 11) is 0. The van der Waals surface area contributed by atoms with Crippen LogP contribution < -0.4 is 0 Å². The molecule has 2 N–H and O–H groups in total. The summed E-state index contributed by atoms with van der Waals surface area (Å²) in [4.78, 5) is 39.0. The van der Waals surface area contributed by atoms with Crippen molar-refractivity contribution in [3.63, 3.8) is 0 Å². The van der Waals surface area contributed by atoms with Gasteiger partial charge in [0.15, 0.2) is 0 Å². The minimum Gasteiger partial charge on any atom is -0.337 e. The van der Waals surface area contributed by atoms with Crippen LogP contribution in [-0.2, 0) is 0 Å². The summed E-state index contributed by atoms with van der Waals surface area (Å²) >= 11 is 0. The Hall–Kier alpha value is -6.68. The van der Waals surface area contributed by atoms with Crippen LogP contribution >= 0.6 is 0 Å². The Labute approximate surface area is 262 Å². The Morgan fingerprint density at radius 3 is 1.22 bits per heavy atom. The number of nitrogens with zero attached hydrogens (tertiary/aromatic N) is 4. The van der Waals surface area contributed by atoms with Crippen LogP contribution in [0.25, 0.3) is 67.8 Å². The Morgan fingerprint density at radius 2 is 0.804 bits per heavy atom. The summed E-state index contributed by atoms with van der Waals surface area (Å²) in [5.41, 5.74) is 7.18. The molecular weight excluding hydrogens is 580 g/mol. The lowest BCUT2D eigenvalue weighted by molar-refractivity contribution is -0.385. The van der Waals surface area contributed by atoms with Gasteiger partial charge in [-0.2, -0.15) is 0 Å². The molecule has 10 nitrogen and oxygen atoms in total. The number of hydrogen-bond donors (Lipinski definition) is 2. The third kappa shape index (κ3) is 5.42.